The van der Waals surface area contributed by atoms with Crippen molar-refractivity contribution < 1.29 is 49.2 Å². The number of ketones is 6. The van der Waals surface area contributed by atoms with Gasteiger partial charge in [0.2, 0.25) is 5.78 Å². The summed E-state index contributed by atoms with van der Waals surface area (Å²) in [5.41, 5.74) is -4.37. The highest BCUT2D eigenvalue weighted by molar-refractivity contribution is 6.27. The summed E-state index contributed by atoms with van der Waals surface area (Å²) >= 11 is 0. The first-order chi connectivity index (χ1) is 24.8. The zero-order valence-corrected chi connectivity index (χ0v) is 30.3. The van der Waals surface area contributed by atoms with Gasteiger partial charge in [-0.05, 0) is 73.4 Å². The monoisotopic (exact) mass is 716 g/mol. The van der Waals surface area contributed by atoms with Crippen LogP contribution in [0.25, 0.3) is 16.9 Å². The summed E-state index contributed by atoms with van der Waals surface area (Å²) in [6.07, 6.45) is -0.337. The summed E-state index contributed by atoms with van der Waals surface area (Å²) in [5.74, 6) is -8.59. The van der Waals surface area contributed by atoms with E-state index in [1.807, 2.05) is 0 Å². The van der Waals surface area contributed by atoms with Crippen LogP contribution < -0.4 is 0 Å². The Hall–Kier alpha value is -5.48. The Bertz CT molecular complexity index is 2290. The van der Waals surface area contributed by atoms with E-state index in [0.717, 1.165) is 6.92 Å². The molecule has 0 aromatic heterocycles. The minimum atomic E-state index is -2.78. The number of aliphatic hydroxyl groups excluding tert-OH is 2. The number of carbonyl (C=O) groups is 6. The highest BCUT2D eigenvalue weighted by atomic mass is 16.3. The van der Waals surface area contributed by atoms with Crippen LogP contribution in [0.5, 0.6) is 5.75 Å². The average Bonchev–Trinajstić information content (AvgIpc) is 3.31. The summed E-state index contributed by atoms with van der Waals surface area (Å²) < 4.78 is 0. The summed E-state index contributed by atoms with van der Waals surface area (Å²) in [7, 11) is 0. The molecule has 1 fully saturated rings. The van der Waals surface area contributed by atoms with Crippen LogP contribution in [-0.2, 0) is 27.2 Å². The van der Waals surface area contributed by atoms with Gasteiger partial charge in [-0.15, -0.1) is 0 Å². The fourth-order valence-electron chi connectivity index (χ4n) is 9.97. The van der Waals surface area contributed by atoms with Gasteiger partial charge in [0, 0.05) is 39.0 Å². The SMILES string of the molecule is CC(=O)C1=C(O)[C@]2(O)C(=O)C3=C(O)c4c(O)c(CC5C(=O)c6ccccc6C5=O)cc(-c5cccc(C(C)=O)c5)c4C[C@]3(C)C[C@]2(C)C(C(C)C)C1=O. The Morgan fingerprint density at radius 2 is 1.45 bits per heavy atom. The Morgan fingerprint density at radius 1 is 0.830 bits per heavy atom. The molecule has 0 heterocycles. The van der Waals surface area contributed by atoms with E-state index >= 15 is 0 Å². The first-order valence-corrected chi connectivity index (χ1v) is 17.7. The zero-order chi connectivity index (χ0) is 38.7. The molecule has 0 amide bonds. The van der Waals surface area contributed by atoms with E-state index in [4.69, 9.17) is 0 Å². The molecule has 4 N–H and O–H groups in total. The van der Waals surface area contributed by atoms with Crippen LogP contribution in [0.15, 0.2) is 71.5 Å². The van der Waals surface area contributed by atoms with Crippen molar-refractivity contribution in [3.05, 3.63) is 105 Å². The van der Waals surface area contributed by atoms with Gasteiger partial charge in [-0.3, -0.25) is 28.8 Å². The predicted octanol–water partition coefficient (Wildman–Crippen LogP) is 6.30. The third kappa shape index (κ3) is 4.74. The number of benzene rings is 3. The van der Waals surface area contributed by atoms with Gasteiger partial charge in [0.15, 0.2) is 34.5 Å². The molecule has 4 atom stereocenters. The van der Waals surface area contributed by atoms with E-state index in [2.05, 4.69) is 0 Å². The van der Waals surface area contributed by atoms with Gasteiger partial charge < -0.3 is 20.4 Å². The molecule has 0 aliphatic heterocycles. The van der Waals surface area contributed by atoms with Gasteiger partial charge in [0.05, 0.1) is 11.5 Å². The van der Waals surface area contributed by atoms with Crippen molar-refractivity contribution in [2.24, 2.45) is 28.6 Å². The molecule has 1 unspecified atom stereocenters. The number of hydrogen-bond donors (Lipinski definition) is 4. The first kappa shape index (κ1) is 35.9. The van der Waals surface area contributed by atoms with Gasteiger partial charge in [0.1, 0.15) is 22.8 Å². The number of hydrogen-bond acceptors (Lipinski definition) is 10. The van der Waals surface area contributed by atoms with Crippen LogP contribution in [0.4, 0.5) is 0 Å². The molecule has 3 aromatic rings. The van der Waals surface area contributed by atoms with Gasteiger partial charge in [0.25, 0.3) is 0 Å². The lowest BCUT2D eigenvalue weighted by atomic mass is 9.43. The highest BCUT2D eigenvalue weighted by Crippen LogP contribution is 2.65. The fourth-order valence-corrected chi connectivity index (χ4v) is 9.97. The number of rotatable bonds is 6. The first-order valence-electron chi connectivity index (χ1n) is 17.7. The van der Waals surface area contributed by atoms with Crippen LogP contribution in [-0.4, -0.2) is 60.7 Å². The van der Waals surface area contributed by atoms with Gasteiger partial charge in [-0.25, -0.2) is 0 Å². The quantitative estimate of drug-likeness (QED) is 0.128. The summed E-state index contributed by atoms with van der Waals surface area (Å²) in [6.45, 7) is 9.21. The molecule has 0 radical (unpaired) electrons. The maximum atomic E-state index is 14.9. The Balaban J connectivity index is 1.49. The molecule has 0 saturated heterocycles. The molecule has 10 heteroatoms. The topological polar surface area (TPSA) is 183 Å². The standard InChI is InChI=1S/C43H40O10/c1-19(2)32-37(49)30(21(4)45)39(51)43(53)40(52)33-38(50)31-29(17-41(33,5)18-42(32,43)6)27(23-11-9-10-22(14-23)20(3)44)15-24(34(31)46)16-28-35(47)25-12-7-8-13-26(25)36(28)48/h7-15,19,28,32,46,50-51,53H,16-18H2,1-6H3/t32?,41-,42-,43+/m1/s1. The number of Topliss-reactive ketones (excluding diaryl/α,β-unsaturated/α-hetero) is 6. The van der Waals surface area contributed by atoms with Crippen LogP contribution in [0.3, 0.4) is 0 Å². The van der Waals surface area contributed by atoms with Gasteiger partial charge in [-0.1, -0.05) is 70.2 Å². The predicted molar refractivity (Wildman–Crippen MR) is 194 cm³/mol. The number of carbonyl (C=O) groups excluding carboxylic acids is 6. The molecular formula is C43H40O10. The molecule has 3 aromatic carbocycles. The number of phenolic OH excluding ortho intramolecular Hbond substituents is 1. The molecule has 4 aliphatic rings. The third-order valence-corrected chi connectivity index (χ3v) is 12.2. The lowest BCUT2D eigenvalue weighted by molar-refractivity contribution is -0.178. The lowest BCUT2D eigenvalue weighted by Gasteiger charge is -2.59. The van der Waals surface area contributed by atoms with Crippen molar-refractivity contribution in [2.75, 3.05) is 0 Å². The van der Waals surface area contributed by atoms with Crippen molar-refractivity contribution in [1.82, 2.24) is 0 Å². The summed E-state index contributed by atoms with van der Waals surface area (Å²) in [6, 6.07) is 14.8. The van der Waals surface area contributed by atoms with Gasteiger partial charge >= 0.3 is 0 Å². The second-order valence-electron chi connectivity index (χ2n) is 15.9. The average molecular weight is 717 g/mol. The molecule has 7 rings (SSSR count). The maximum absolute atomic E-state index is 14.9. The highest BCUT2D eigenvalue weighted by Gasteiger charge is 2.72. The van der Waals surface area contributed by atoms with Crippen LogP contribution in [0.1, 0.15) is 95.7 Å². The molecule has 272 valence electrons. The second kappa shape index (κ2) is 11.8. The minimum absolute atomic E-state index is 0.00237. The lowest BCUT2D eigenvalue weighted by Crippen LogP contribution is -2.69. The number of phenols is 1. The second-order valence-corrected chi connectivity index (χ2v) is 15.9. The molecule has 1 saturated carbocycles. The normalized spacial score (nSPS) is 26.8. The molecule has 0 spiro atoms. The maximum Gasteiger partial charge on any atom is 0.203 e. The van der Waals surface area contributed by atoms with E-state index in [9.17, 15) is 49.2 Å². The van der Waals surface area contributed by atoms with Crippen molar-refractivity contribution in [2.45, 2.75) is 66.4 Å². The van der Waals surface area contributed by atoms with E-state index in [1.54, 1.807) is 82.3 Å². The summed E-state index contributed by atoms with van der Waals surface area (Å²) in [5, 5.41) is 48.2. The third-order valence-electron chi connectivity index (χ3n) is 12.2. The van der Waals surface area contributed by atoms with Crippen LogP contribution in [0, 0.1) is 28.6 Å². The minimum Gasteiger partial charge on any atom is -0.508 e. The van der Waals surface area contributed by atoms with Crippen LogP contribution >= 0.6 is 0 Å². The van der Waals surface area contributed by atoms with Gasteiger partial charge in [-0.2, -0.15) is 0 Å². The van der Waals surface area contributed by atoms with Crippen molar-refractivity contribution >= 4 is 40.5 Å². The number of aliphatic hydroxyl groups is 3. The molecule has 4 aliphatic carbocycles. The van der Waals surface area contributed by atoms with E-state index in [1.165, 1.54) is 6.92 Å². The summed E-state index contributed by atoms with van der Waals surface area (Å²) in [4.78, 5) is 80.9. The Kier molecular flexibility index (Phi) is 7.97. The Labute approximate surface area is 305 Å². The largest absolute Gasteiger partial charge is 0.508 e. The number of allylic oxidation sites excluding steroid dienone is 1. The fraction of sp³-hybridized carbons (Fsp3) is 0.349. The van der Waals surface area contributed by atoms with E-state index < -0.39 is 85.9 Å². The van der Waals surface area contributed by atoms with E-state index in [-0.39, 0.29) is 52.9 Å². The number of fused-ring (bicyclic) bond motifs is 4. The zero-order valence-electron chi connectivity index (χ0n) is 30.3. The number of aromatic hydroxyl groups is 1. The van der Waals surface area contributed by atoms with E-state index in [0.29, 0.717) is 22.3 Å². The molecular weight excluding hydrogens is 676 g/mol. The smallest absolute Gasteiger partial charge is 0.203 e. The van der Waals surface area contributed by atoms with Crippen molar-refractivity contribution in [1.29, 1.82) is 0 Å². The molecule has 0 bridgehead atoms. The molecule has 53 heavy (non-hydrogen) atoms. The van der Waals surface area contributed by atoms with Crippen LogP contribution in [0.2, 0.25) is 0 Å². The molecule has 10 nitrogen and oxygen atoms in total. The van der Waals surface area contributed by atoms with Crippen molar-refractivity contribution in [3.63, 3.8) is 0 Å². The Morgan fingerprint density at radius 3 is 2.02 bits per heavy atom. The van der Waals surface area contributed by atoms with Crippen molar-refractivity contribution in [3.8, 4) is 16.9 Å².